The van der Waals surface area contributed by atoms with Gasteiger partial charge in [-0.05, 0) is 68.6 Å². The van der Waals surface area contributed by atoms with Crippen molar-refractivity contribution in [2.45, 2.75) is 50.3 Å². The highest BCUT2D eigenvalue weighted by atomic mass is 35.5. The molecule has 4 fully saturated rings. The minimum absolute atomic E-state index is 0.190. The van der Waals surface area contributed by atoms with Crippen LogP contribution < -0.4 is 10.6 Å². The Morgan fingerprint density at radius 2 is 1.75 bits per heavy atom. The summed E-state index contributed by atoms with van der Waals surface area (Å²) in [5.74, 6) is 0.116. The Morgan fingerprint density at radius 3 is 2.36 bits per heavy atom. The number of nitrogens with one attached hydrogen (secondary N) is 2. The number of anilines is 2. The van der Waals surface area contributed by atoms with Gasteiger partial charge in [-0.25, -0.2) is 0 Å². The fourth-order valence-electron chi connectivity index (χ4n) is 5.75. The van der Waals surface area contributed by atoms with Gasteiger partial charge in [0.1, 0.15) is 0 Å². The van der Waals surface area contributed by atoms with E-state index >= 15 is 0 Å². The molecular weight excluding hydrogens is 380 g/mol. The molecule has 2 unspecified atom stereocenters. The molecule has 0 heterocycles. The Balaban J connectivity index is 1.34. The van der Waals surface area contributed by atoms with Gasteiger partial charge < -0.3 is 15.4 Å². The van der Waals surface area contributed by atoms with Crippen LogP contribution in [0.4, 0.5) is 11.4 Å². The van der Waals surface area contributed by atoms with Gasteiger partial charge in [0.25, 0.3) is 5.91 Å². The number of halogens is 1. The van der Waals surface area contributed by atoms with E-state index < -0.39 is 11.3 Å². The Labute approximate surface area is 169 Å². The summed E-state index contributed by atoms with van der Waals surface area (Å²) in [5, 5.41) is 5.36. The molecule has 4 bridgehead atoms. The van der Waals surface area contributed by atoms with Gasteiger partial charge in [0, 0.05) is 23.2 Å². The van der Waals surface area contributed by atoms with Crippen LogP contribution in [0.15, 0.2) is 24.3 Å². The summed E-state index contributed by atoms with van der Waals surface area (Å²) in [4.78, 5) is 36.0. The van der Waals surface area contributed by atoms with Crippen LogP contribution in [0.2, 0.25) is 0 Å². The van der Waals surface area contributed by atoms with E-state index in [9.17, 15) is 14.4 Å². The van der Waals surface area contributed by atoms with Crippen molar-refractivity contribution in [2.75, 3.05) is 17.2 Å². The predicted octanol–water partition coefficient (Wildman–Crippen LogP) is 3.70. The topological polar surface area (TPSA) is 84.5 Å². The van der Waals surface area contributed by atoms with Crippen LogP contribution in [-0.4, -0.2) is 29.3 Å². The molecular formula is C21H25ClN2O4. The first-order valence-electron chi connectivity index (χ1n) is 9.79. The normalized spacial score (nSPS) is 32.6. The average molecular weight is 405 g/mol. The van der Waals surface area contributed by atoms with Crippen LogP contribution in [0.5, 0.6) is 0 Å². The molecule has 5 rings (SSSR count). The number of carbonyl (C=O) groups is 3. The molecule has 0 saturated heterocycles. The highest BCUT2D eigenvalue weighted by molar-refractivity contribution is 6.24. The third-order valence-electron chi connectivity index (χ3n) is 6.22. The minimum atomic E-state index is -0.516. The summed E-state index contributed by atoms with van der Waals surface area (Å²) in [6, 6.07) is 6.81. The summed E-state index contributed by atoms with van der Waals surface area (Å²) in [6.07, 6.45) is 5.47. The van der Waals surface area contributed by atoms with Gasteiger partial charge in [-0.1, -0.05) is 6.07 Å². The molecule has 4 aliphatic carbocycles. The maximum absolute atomic E-state index is 12.9. The van der Waals surface area contributed by atoms with Crippen LogP contribution in [0.1, 0.15) is 45.4 Å². The van der Waals surface area contributed by atoms with Crippen LogP contribution >= 0.6 is 11.6 Å². The molecule has 0 aliphatic heterocycles. The summed E-state index contributed by atoms with van der Waals surface area (Å²) in [6.45, 7) is 1.09. The molecule has 2 N–H and O–H groups in total. The Bertz CT molecular complexity index is 810. The van der Waals surface area contributed by atoms with E-state index in [4.69, 9.17) is 16.3 Å². The fraction of sp³-hybridized carbons (Fsp3) is 0.571. The van der Waals surface area contributed by atoms with Crippen molar-refractivity contribution < 1.29 is 19.1 Å². The molecule has 4 atom stereocenters. The lowest BCUT2D eigenvalue weighted by molar-refractivity contribution is -0.171. The smallest absolute Gasteiger partial charge is 0.312 e. The van der Waals surface area contributed by atoms with Gasteiger partial charge in [-0.3, -0.25) is 14.4 Å². The maximum Gasteiger partial charge on any atom is 0.312 e. The number of rotatable bonds is 5. The maximum atomic E-state index is 12.9. The summed E-state index contributed by atoms with van der Waals surface area (Å²) >= 11 is 6.77. The standard InChI is InChI=1S/C21H25ClN2O4/c1-13(25)23-16-3-2-4-17(6-16)24-18(26)11-28-19(27)20-7-14-5-15(8-20)10-21(22,9-14)12-20/h2-4,6,14-15H,5,7-12H2,1H3,(H,23,25)(H,24,26)/t14-,15+,20?,21?. The third kappa shape index (κ3) is 3.88. The number of esters is 1. The Hall–Kier alpha value is -2.08. The summed E-state index contributed by atoms with van der Waals surface area (Å²) in [5.41, 5.74) is 0.599. The number of amides is 2. The molecule has 0 spiro atoms. The molecule has 150 valence electrons. The SMILES string of the molecule is CC(=O)Nc1cccc(NC(=O)COC(=O)C23C[C@@H]4C[C@@H](CC(Cl)(C4)C2)C3)c1. The van der Waals surface area contributed by atoms with E-state index in [0.29, 0.717) is 29.6 Å². The van der Waals surface area contributed by atoms with Crippen LogP contribution in [0.25, 0.3) is 0 Å². The molecule has 4 aliphatic rings. The van der Waals surface area contributed by atoms with Gasteiger partial charge in [-0.2, -0.15) is 0 Å². The van der Waals surface area contributed by atoms with E-state index in [1.807, 2.05) is 0 Å². The lowest BCUT2D eigenvalue weighted by Crippen LogP contribution is -2.56. The zero-order chi connectivity index (χ0) is 19.9. The first-order valence-corrected chi connectivity index (χ1v) is 10.2. The molecule has 1 aromatic carbocycles. The monoisotopic (exact) mass is 404 g/mol. The van der Waals surface area contributed by atoms with Crippen LogP contribution in [-0.2, 0) is 19.1 Å². The van der Waals surface area contributed by atoms with E-state index in [1.54, 1.807) is 24.3 Å². The van der Waals surface area contributed by atoms with Crippen molar-refractivity contribution in [1.82, 2.24) is 0 Å². The lowest BCUT2D eigenvalue weighted by atomic mass is 9.49. The Kier molecular flexibility index (Phi) is 4.86. The van der Waals surface area contributed by atoms with Gasteiger partial charge in [0.05, 0.1) is 5.41 Å². The second-order valence-corrected chi connectivity index (χ2v) is 9.58. The molecule has 7 heteroatoms. The molecule has 2 amide bonds. The average Bonchev–Trinajstić information content (AvgIpc) is 2.57. The van der Waals surface area contributed by atoms with Crippen LogP contribution in [0, 0.1) is 17.3 Å². The van der Waals surface area contributed by atoms with E-state index in [-0.39, 0.29) is 23.4 Å². The molecule has 4 saturated carbocycles. The highest BCUT2D eigenvalue weighted by Crippen LogP contribution is 2.64. The number of alkyl halides is 1. The summed E-state index contributed by atoms with van der Waals surface area (Å²) < 4.78 is 5.42. The van der Waals surface area contributed by atoms with E-state index in [0.717, 1.165) is 32.1 Å². The zero-order valence-electron chi connectivity index (χ0n) is 15.9. The van der Waals surface area contributed by atoms with Crippen molar-refractivity contribution in [1.29, 1.82) is 0 Å². The van der Waals surface area contributed by atoms with Gasteiger partial charge >= 0.3 is 5.97 Å². The van der Waals surface area contributed by atoms with Crippen molar-refractivity contribution >= 4 is 40.8 Å². The summed E-state index contributed by atoms with van der Waals surface area (Å²) in [7, 11) is 0. The quantitative estimate of drug-likeness (QED) is 0.578. The van der Waals surface area contributed by atoms with Gasteiger partial charge in [-0.15, -0.1) is 11.6 Å². The molecule has 0 radical (unpaired) electrons. The number of hydrogen-bond acceptors (Lipinski definition) is 4. The number of carbonyl (C=O) groups excluding carboxylic acids is 3. The van der Waals surface area contributed by atoms with Crippen molar-refractivity contribution in [2.24, 2.45) is 17.3 Å². The van der Waals surface area contributed by atoms with E-state index in [2.05, 4.69) is 10.6 Å². The van der Waals surface area contributed by atoms with Crippen molar-refractivity contribution in [3.63, 3.8) is 0 Å². The number of benzene rings is 1. The molecule has 0 aromatic heterocycles. The van der Waals surface area contributed by atoms with Crippen molar-refractivity contribution in [3.05, 3.63) is 24.3 Å². The predicted molar refractivity (Wildman–Crippen MR) is 106 cm³/mol. The third-order valence-corrected chi connectivity index (χ3v) is 6.67. The molecule has 1 aromatic rings. The van der Waals surface area contributed by atoms with Gasteiger partial charge in [0.2, 0.25) is 5.91 Å². The first-order chi connectivity index (χ1) is 13.3. The second kappa shape index (κ2) is 7.07. The zero-order valence-corrected chi connectivity index (χ0v) is 16.7. The molecule has 6 nitrogen and oxygen atoms in total. The Morgan fingerprint density at radius 1 is 1.11 bits per heavy atom. The largest absolute Gasteiger partial charge is 0.455 e. The highest BCUT2D eigenvalue weighted by Gasteiger charge is 2.60. The lowest BCUT2D eigenvalue weighted by Gasteiger charge is -2.58. The number of hydrogen-bond donors (Lipinski definition) is 2. The first kappa shape index (κ1) is 19.2. The molecule has 28 heavy (non-hydrogen) atoms. The van der Waals surface area contributed by atoms with E-state index in [1.165, 1.54) is 6.92 Å². The van der Waals surface area contributed by atoms with Crippen molar-refractivity contribution in [3.8, 4) is 0 Å². The van der Waals surface area contributed by atoms with Crippen LogP contribution in [0.3, 0.4) is 0 Å². The number of ether oxygens (including phenoxy) is 1. The van der Waals surface area contributed by atoms with Gasteiger partial charge in [0.15, 0.2) is 6.61 Å². The second-order valence-electron chi connectivity index (χ2n) is 8.78. The minimum Gasteiger partial charge on any atom is -0.455 e. The fourth-order valence-corrected chi connectivity index (χ4v) is 6.44.